The number of hydrogen-bond acceptors (Lipinski definition) is 3. The summed E-state index contributed by atoms with van der Waals surface area (Å²) in [5, 5.41) is 5.43. The van der Waals surface area contributed by atoms with Crippen molar-refractivity contribution in [2.24, 2.45) is 0 Å². The largest absolute Gasteiger partial charge is 0.325 e. The lowest BCUT2D eigenvalue weighted by molar-refractivity contribution is -0.115. The molecule has 2 amide bonds. The van der Waals surface area contributed by atoms with Crippen LogP contribution in [-0.4, -0.2) is 22.8 Å². The fourth-order valence-electron chi connectivity index (χ4n) is 2.41. The van der Waals surface area contributed by atoms with Crippen molar-refractivity contribution in [3.63, 3.8) is 0 Å². The summed E-state index contributed by atoms with van der Waals surface area (Å²) < 4.78 is 0. The number of thioether (sulfide) groups is 1. The second-order valence-corrected chi connectivity index (χ2v) is 9.01. The molecule has 0 aliphatic heterocycles. The minimum absolute atomic E-state index is 0.0799. The van der Waals surface area contributed by atoms with Gasteiger partial charge in [-0.25, -0.2) is 0 Å². The normalized spacial score (nSPS) is 12.3. The summed E-state index contributed by atoms with van der Waals surface area (Å²) in [5.74, 6) is 0.00971. The van der Waals surface area contributed by atoms with Crippen molar-refractivity contribution in [2.75, 3.05) is 16.4 Å². The third-order valence-electron chi connectivity index (χ3n) is 4.19. The van der Waals surface area contributed by atoms with Crippen LogP contribution in [0.1, 0.15) is 38.8 Å². The summed E-state index contributed by atoms with van der Waals surface area (Å²) in [6.45, 7) is 10.3. The van der Waals surface area contributed by atoms with Crippen molar-refractivity contribution in [1.29, 1.82) is 0 Å². The first kappa shape index (κ1) is 21.0. The van der Waals surface area contributed by atoms with E-state index in [1.54, 1.807) is 0 Å². The van der Waals surface area contributed by atoms with Gasteiger partial charge in [0.1, 0.15) is 0 Å². The van der Waals surface area contributed by atoms with Crippen molar-refractivity contribution >= 4 is 35.0 Å². The zero-order chi connectivity index (χ0) is 20.0. The number of carbonyl (C=O) groups is 2. The van der Waals surface area contributed by atoms with Gasteiger partial charge >= 0.3 is 0 Å². The molecule has 27 heavy (non-hydrogen) atoms. The molecular formula is C22H28N2O2S. The molecule has 0 fully saturated rings. The Balaban J connectivity index is 1.81. The molecule has 0 radical (unpaired) electrons. The van der Waals surface area contributed by atoms with Crippen LogP contribution in [0.3, 0.4) is 0 Å². The number of aryl methyl sites for hydroxylation is 1. The Kier molecular flexibility index (Phi) is 7.08. The third kappa shape index (κ3) is 6.75. The average Bonchev–Trinajstić information content (AvgIpc) is 2.61. The molecule has 2 aromatic rings. The SMILES string of the molecule is Cc1ccc(NC(=O)CS[C@H](C)C(=O)Nc2ccc(C(C)(C)C)cc2)cc1. The number of amides is 2. The van der Waals surface area contributed by atoms with Gasteiger partial charge in [0, 0.05) is 11.4 Å². The number of anilines is 2. The molecule has 0 bridgehead atoms. The minimum atomic E-state index is -0.323. The van der Waals surface area contributed by atoms with Crippen LogP contribution in [0, 0.1) is 6.92 Å². The summed E-state index contributed by atoms with van der Waals surface area (Å²) >= 11 is 1.32. The van der Waals surface area contributed by atoms with Gasteiger partial charge in [-0.3, -0.25) is 9.59 Å². The standard InChI is InChI=1S/C22H28N2O2S/c1-15-6-10-18(11-7-15)23-20(25)14-27-16(2)21(26)24-19-12-8-17(9-13-19)22(3,4)5/h6-13,16H,14H2,1-5H3,(H,23,25)(H,24,26)/t16-/m1/s1. The van der Waals surface area contributed by atoms with Crippen molar-refractivity contribution in [3.8, 4) is 0 Å². The number of hydrogen-bond donors (Lipinski definition) is 2. The zero-order valence-corrected chi connectivity index (χ0v) is 17.4. The third-order valence-corrected chi connectivity index (χ3v) is 5.33. The predicted octanol–water partition coefficient (Wildman–Crippen LogP) is 4.99. The highest BCUT2D eigenvalue weighted by molar-refractivity contribution is 8.01. The molecule has 5 heteroatoms. The lowest BCUT2D eigenvalue weighted by Gasteiger charge is -2.19. The second kappa shape index (κ2) is 9.09. The summed E-state index contributed by atoms with van der Waals surface area (Å²) in [7, 11) is 0. The molecule has 1 atom stereocenters. The fourth-order valence-corrected chi connectivity index (χ4v) is 3.09. The van der Waals surface area contributed by atoms with E-state index in [0.717, 1.165) is 16.9 Å². The van der Waals surface area contributed by atoms with E-state index in [4.69, 9.17) is 0 Å². The molecule has 4 nitrogen and oxygen atoms in total. The highest BCUT2D eigenvalue weighted by atomic mass is 32.2. The van der Waals surface area contributed by atoms with E-state index in [9.17, 15) is 9.59 Å². The molecule has 0 saturated heterocycles. The average molecular weight is 385 g/mol. The fraction of sp³-hybridized carbons (Fsp3) is 0.364. The molecule has 0 aliphatic carbocycles. The molecule has 0 saturated carbocycles. The number of nitrogens with one attached hydrogen (secondary N) is 2. The zero-order valence-electron chi connectivity index (χ0n) is 16.6. The topological polar surface area (TPSA) is 58.2 Å². The van der Waals surface area contributed by atoms with E-state index in [1.165, 1.54) is 17.3 Å². The smallest absolute Gasteiger partial charge is 0.237 e. The van der Waals surface area contributed by atoms with Crippen LogP contribution in [0.2, 0.25) is 0 Å². The van der Waals surface area contributed by atoms with E-state index in [-0.39, 0.29) is 28.2 Å². The lowest BCUT2D eigenvalue weighted by atomic mass is 9.87. The van der Waals surface area contributed by atoms with Gasteiger partial charge in [-0.1, -0.05) is 50.6 Å². The van der Waals surface area contributed by atoms with Gasteiger partial charge in [-0.05, 0) is 49.1 Å². The second-order valence-electron chi connectivity index (χ2n) is 7.68. The molecule has 0 unspecified atom stereocenters. The Hall–Kier alpha value is -2.27. The highest BCUT2D eigenvalue weighted by Gasteiger charge is 2.17. The van der Waals surface area contributed by atoms with Crippen molar-refractivity contribution < 1.29 is 9.59 Å². The molecule has 2 rings (SSSR count). The van der Waals surface area contributed by atoms with Crippen molar-refractivity contribution in [2.45, 2.75) is 45.3 Å². The minimum Gasteiger partial charge on any atom is -0.325 e. The Morgan fingerprint density at radius 3 is 2.00 bits per heavy atom. The molecule has 2 aromatic carbocycles. The summed E-state index contributed by atoms with van der Waals surface area (Å²) in [5.41, 5.74) is 3.97. The molecule has 0 spiro atoms. The van der Waals surface area contributed by atoms with Crippen LogP contribution in [0.5, 0.6) is 0 Å². The Labute approximate surface area is 166 Å². The van der Waals surface area contributed by atoms with Crippen molar-refractivity contribution in [1.82, 2.24) is 0 Å². The first-order chi connectivity index (χ1) is 12.6. The van der Waals surface area contributed by atoms with Gasteiger partial charge in [0.25, 0.3) is 0 Å². The van der Waals surface area contributed by atoms with Crippen LogP contribution in [0.4, 0.5) is 11.4 Å². The Morgan fingerprint density at radius 1 is 0.926 bits per heavy atom. The maximum absolute atomic E-state index is 12.3. The van der Waals surface area contributed by atoms with Gasteiger partial charge in [0.05, 0.1) is 11.0 Å². The Morgan fingerprint density at radius 2 is 1.44 bits per heavy atom. The molecule has 0 heterocycles. The molecule has 2 N–H and O–H groups in total. The molecular weight excluding hydrogens is 356 g/mol. The van der Waals surface area contributed by atoms with Crippen LogP contribution in [0.25, 0.3) is 0 Å². The van der Waals surface area contributed by atoms with E-state index in [0.29, 0.717) is 0 Å². The number of benzene rings is 2. The molecule has 0 aromatic heterocycles. The maximum atomic E-state index is 12.3. The quantitative estimate of drug-likeness (QED) is 0.737. The summed E-state index contributed by atoms with van der Waals surface area (Å²) in [6.07, 6.45) is 0. The predicted molar refractivity (Wildman–Crippen MR) is 116 cm³/mol. The maximum Gasteiger partial charge on any atom is 0.237 e. The van der Waals surface area contributed by atoms with Gasteiger partial charge < -0.3 is 10.6 Å². The number of rotatable bonds is 6. The van der Waals surface area contributed by atoms with Crippen LogP contribution >= 0.6 is 11.8 Å². The Bertz CT molecular complexity index is 777. The van der Waals surface area contributed by atoms with E-state index in [2.05, 4.69) is 31.4 Å². The van der Waals surface area contributed by atoms with Crippen LogP contribution in [-0.2, 0) is 15.0 Å². The summed E-state index contributed by atoms with van der Waals surface area (Å²) in [6, 6.07) is 15.5. The van der Waals surface area contributed by atoms with Crippen molar-refractivity contribution in [3.05, 3.63) is 59.7 Å². The van der Waals surface area contributed by atoms with E-state index < -0.39 is 0 Å². The van der Waals surface area contributed by atoms with Gasteiger partial charge in [-0.2, -0.15) is 0 Å². The molecule has 144 valence electrons. The first-order valence-corrected chi connectivity index (χ1v) is 10.1. The monoisotopic (exact) mass is 384 g/mol. The van der Waals surface area contributed by atoms with Gasteiger partial charge in [0.2, 0.25) is 11.8 Å². The van der Waals surface area contributed by atoms with Gasteiger partial charge in [0.15, 0.2) is 0 Å². The van der Waals surface area contributed by atoms with E-state index >= 15 is 0 Å². The van der Waals surface area contributed by atoms with Gasteiger partial charge in [-0.15, -0.1) is 11.8 Å². The van der Waals surface area contributed by atoms with Crippen LogP contribution < -0.4 is 10.6 Å². The first-order valence-electron chi connectivity index (χ1n) is 9.04. The summed E-state index contributed by atoms with van der Waals surface area (Å²) in [4.78, 5) is 24.4. The number of carbonyl (C=O) groups excluding carboxylic acids is 2. The molecule has 0 aliphatic rings. The van der Waals surface area contributed by atoms with E-state index in [1.807, 2.05) is 62.4 Å². The lowest BCUT2D eigenvalue weighted by Crippen LogP contribution is -2.25. The van der Waals surface area contributed by atoms with Crippen LogP contribution in [0.15, 0.2) is 48.5 Å². The highest BCUT2D eigenvalue weighted by Crippen LogP contribution is 2.24.